The third-order valence-corrected chi connectivity index (χ3v) is 5.51. The monoisotopic (exact) mass is 313 g/mol. The summed E-state index contributed by atoms with van der Waals surface area (Å²) in [5.41, 5.74) is -0.0179. The average Bonchev–Trinajstić information content (AvgIpc) is 2.47. The van der Waals surface area contributed by atoms with Crippen molar-refractivity contribution in [2.24, 2.45) is 0 Å². The number of rotatable bonds is 8. The summed E-state index contributed by atoms with van der Waals surface area (Å²) in [5, 5.41) is 9.00. The maximum atomic E-state index is 12.7. The van der Waals surface area contributed by atoms with Gasteiger partial charge in [-0.2, -0.15) is 4.31 Å². The number of hydrogen-bond donors (Lipinski definition) is 1. The number of carboxylic acid groups (broad SMARTS) is 1. The second-order valence-corrected chi connectivity index (χ2v) is 6.95. The summed E-state index contributed by atoms with van der Waals surface area (Å²) in [6.07, 6.45) is 2.39. The summed E-state index contributed by atoms with van der Waals surface area (Å²) in [7, 11) is -3.67. The molecule has 6 heteroatoms. The van der Waals surface area contributed by atoms with Crippen molar-refractivity contribution in [3.63, 3.8) is 0 Å². The van der Waals surface area contributed by atoms with E-state index in [9.17, 15) is 13.2 Å². The van der Waals surface area contributed by atoms with E-state index in [1.54, 1.807) is 0 Å². The van der Waals surface area contributed by atoms with E-state index in [1.165, 1.54) is 28.6 Å². The summed E-state index contributed by atoms with van der Waals surface area (Å²) in [5.74, 6) is -1.13. The lowest BCUT2D eigenvalue weighted by Gasteiger charge is -2.27. The van der Waals surface area contributed by atoms with Crippen LogP contribution in [0.25, 0.3) is 0 Å². The number of nitrogens with zero attached hydrogens (tertiary/aromatic N) is 1. The fraction of sp³-hybridized carbons (Fsp3) is 0.533. The summed E-state index contributed by atoms with van der Waals surface area (Å²) in [4.78, 5) is 11.0. The SMILES string of the molecule is CCCCN(C(C)CC)S(=O)(=O)c1cccc(C(=O)O)c1. The second-order valence-electron chi connectivity index (χ2n) is 5.06. The smallest absolute Gasteiger partial charge is 0.335 e. The van der Waals surface area contributed by atoms with Gasteiger partial charge in [0, 0.05) is 12.6 Å². The van der Waals surface area contributed by atoms with Gasteiger partial charge in [-0.3, -0.25) is 0 Å². The van der Waals surface area contributed by atoms with E-state index in [-0.39, 0.29) is 16.5 Å². The van der Waals surface area contributed by atoms with Crippen LogP contribution >= 0.6 is 0 Å². The number of carboxylic acids is 1. The van der Waals surface area contributed by atoms with Gasteiger partial charge in [-0.1, -0.05) is 26.3 Å². The number of benzene rings is 1. The van der Waals surface area contributed by atoms with Gasteiger partial charge in [0.25, 0.3) is 0 Å². The first-order valence-electron chi connectivity index (χ1n) is 7.19. The van der Waals surface area contributed by atoms with Crippen molar-refractivity contribution < 1.29 is 18.3 Å². The maximum absolute atomic E-state index is 12.7. The van der Waals surface area contributed by atoms with Crippen LogP contribution < -0.4 is 0 Å². The standard InChI is InChI=1S/C15H23NO4S/c1-4-6-10-16(12(3)5-2)21(19,20)14-9-7-8-13(11-14)15(17)18/h7-9,11-12H,4-6,10H2,1-3H3,(H,17,18). The van der Waals surface area contributed by atoms with Gasteiger partial charge in [0.2, 0.25) is 10.0 Å². The fourth-order valence-corrected chi connectivity index (χ4v) is 3.81. The van der Waals surface area contributed by atoms with Crippen molar-refractivity contribution >= 4 is 16.0 Å². The Kier molecular flexibility index (Phi) is 6.36. The van der Waals surface area contributed by atoms with E-state index in [0.717, 1.165) is 12.8 Å². The summed E-state index contributed by atoms with van der Waals surface area (Å²) >= 11 is 0. The molecule has 0 aromatic heterocycles. The molecule has 0 aliphatic heterocycles. The minimum atomic E-state index is -3.67. The summed E-state index contributed by atoms with van der Waals surface area (Å²) in [6.45, 7) is 6.26. The van der Waals surface area contributed by atoms with Crippen LogP contribution in [0.15, 0.2) is 29.2 Å². The molecule has 1 aromatic rings. The molecule has 0 saturated carbocycles. The molecule has 0 fully saturated rings. The van der Waals surface area contributed by atoms with E-state index < -0.39 is 16.0 Å². The number of hydrogen-bond acceptors (Lipinski definition) is 3. The van der Waals surface area contributed by atoms with Crippen molar-refractivity contribution in [3.8, 4) is 0 Å². The predicted molar refractivity (Wildman–Crippen MR) is 82.0 cm³/mol. The molecule has 0 aliphatic carbocycles. The van der Waals surface area contributed by atoms with E-state index >= 15 is 0 Å². The van der Waals surface area contributed by atoms with E-state index in [2.05, 4.69) is 0 Å². The molecule has 0 radical (unpaired) electrons. The highest BCUT2D eigenvalue weighted by molar-refractivity contribution is 7.89. The molecule has 118 valence electrons. The Bertz CT molecular complexity index is 583. The highest BCUT2D eigenvalue weighted by Gasteiger charge is 2.28. The number of sulfonamides is 1. The molecule has 21 heavy (non-hydrogen) atoms. The highest BCUT2D eigenvalue weighted by Crippen LogP contribution is 2.21. The molecule has 1 unspecified atom stereocenters. The Morgan fingerprint density at radius 1 is 1.33 bits per heavy atom. The normalized spacial score (nSPS) is 13.3. The Hall–Kier alpha value is -1.40. The lowest BCUT2D eigenvalue weighted by molar-refractivity contribution is 0.0696. The van der Waals surface area contributed by atoms with Crippen LogP contribution in [0, 0.1) is 0 Å². The molecule has 0 bridgehead atoms. The minimum Gasteiger partial charge on any atom is -0.478 e. The lowest BCUT2D eigenvalue weighted by Crippen LogP contribution is -2.39. The molecule has 0 spiro atoms. The van der Waals surface area contributed by atoms with Crippen LogP contribution in [0.4, 0.5) is 0 Å². The number of aromatic carboxylic acids is 1. The van der Waals surface area contributed by atoms with E-state index in [0.29, 0.717) is 13.0 Å². The molecule has 0 aliphatic rings. The zero-order valence-electron chi connectivity index (χ0n) is 12.7. The van der Waals surface area contributed by atoms with Gasteiger partial charge >= 0.3 is 5.97 Å². The molecule has 1 N–H and O–H groups in total. The van der Waals surface area contributed by atoms with Crippen LogP contribution in [0.3, 0.4) is 0 Å². The van der Waals surface area contributed by atoms with Gasteiger partial charge in [-0.25, -0.2) is 13.2 Å². The summed E-state index contributed by atoms with van der Waals surface area (Å²) < 4.78 is 27.0. The van der Waals surface area contributed by atoms with Crippen molar-refractivity contribution in [2.45, 2.75) is 51.0 Å². The first-order chi connectivity index (χ1) is 9.84. The van der Waals surface area contributed by atoms with Crippen molar-refractivity contribution in [1.82, 2.24) is 4.31 Å². The summed E-state index contributed by atoms with van der Waals surface area (Å²) in [6, 6.07) is 5.41. The van der Waals surface area contributed by atoms with Gasteiger partial charge in [0.05, 0.1) is 10.5 Å². The first kappa shape index (κ1) is 17.7. The minimum absolute atomic E-state index is 0.0179. The average molecular weight is 313 g/mol. The molecular weight excluding hydrogens is 290 g/mol. The predicted octanol–water partition coefficient (Wildman–Crippen LogP) is 2.97. The van der Waals surface area contributed by atoms with Crippen LogP contribution in [0.1, 0.15) is 50.4 Å². The molecule has 0 saturated heterocycles. The molecule has 1 aromatic carbocycles. The van der Waals surface area contributed by atoms with Gasteiger partial charge in [0.1, 0.15) is 0 Å². The van der Waals surface area contributed by atoms with Crippen LogP contribution in [0.2, 0.25) is 0 Å². The Morgan fingerprint density at radius 3 is 2.52 bits per heavy atom. The second kappa shape index (κ2) is 7.56. The quantitative estimate of drug-likeness (QED) is 0.800. The third-order valence-electron chi connectivity index (χ3n) is 3.50. The lowest BCUT2D eigenvalue weighted by atomic mass is 10.2. The van der Waals surface area contributed by atoms with Gasteiger partial charge < -0.3 is 5.11 Å². The number of unbranched alkanes of at least 4 members (excludes halogenated alkanes) is 1. The third kappa shape index (κ3) is 4.28. The Morgan fingerprint density at radius 2 is 2.00 bits per heavy atom. The molecule has 0 amide bonds. The first-order valence-corrected chi connectivity index (χ1v) is 8.63. The van der Waals surface area contributed by atoms with Gasteiger partial charge in [0.15, 0.2) is 0 Å². The molecule has 1 atom stereocenters. The fourth-order valence-electron chi connectivity index (χ4n) is 2.02. The number of carbonyl (C=O) groups is 1. The van der Waals surface area contributed by atoms with Crippen LogP contribution in [-0.2, 0) is 10.0 Å². The van der Waals surface area contributed by atoms with E-state index in [1.807, 2.05) is 20.8 Å². The van der Waals surface area contributed by atoms with E-state index in [4.69, 9.17) is 5.11 Å². The highest BCUT2D eigenvalue weighted by atomic mass is 32.2. The largest absolute Gasteiger partial charge is 0.478 e. The van der Waals surface area contributed by atoms with Crippen molar-refractivity contribution in [1.29, 1.82) is 0 Å². The molecule has 1 rings (SSSR count). The molecule has 5 nitrogen and oxygen atoms in total. The van der Waals surface area contributed by atoms with Crippen molar-refractivity contribution in [2.75, 3.05) is 6.54 Å². The van der Waals surface area contributed by atoms with Crippen molar-refractivity contribution in [3.05, 3.63) is 29.8 Å². The zero-order valence-corrected chi connectivity index (χ0v) is 13.6. The topological polar surface area (TPSA) is 74.7 Å². The van der Waals surface area contributed by atoms with Crippen LogP contribution in [0.5, 0.6) is 0 Å². The molecular formula is C15H23NO4S. The Labute approximate surface area is 126 Å². The van der Waals surface area contributed by atoms with Crippen LogP contribution in [-0.4, -0.2) is 36.4 Å². The zero-order chi connectivity index (χ0) is 16.0. The molecule has 0 heterocycles. The Balaban J connectivity index is 3.21. The van der Waals surface area contributed by atoms with Gasteiger partial charge in [-0.05, 0) is 38.0 Å². The maximum Gasteiger partial charge on any atom is 0.335 e. The van der Waals surface area contributed by atoms with Gasteiger partial charge in [-0.15, -0.1) is 0 Å².